The third kappa shape index (κ3) is 5.64. The Kier molecular flexibility index (Phi) is 6.00. The molecule has 3 N–H and O–H groups in total. The van der Waals surface area contributed by atoms with Gasteiger partial charge in [0.25, 0.3) is 0 Å². The maximum atomic E-state index is 10.7. The minimum Gasteiger partial charge on any atom is -0.489 e. The molecule has 0 heterocycles. The van der Waals surface area contributed by atoms with Crippen molar-refractivity contribution < 1.29 is 19.7 Å². The molecular weight excluding hydrogens is 294 g/mol. The summed E-state index contributed by atoms with van der Waals surface area (Å²) in [5.41, 5.74) is 2.02. The second kappa shape index (κ2) is 8.19. The smallest absolute Gasteiger partial charge is 0.404 e. The number of hydrogen-bond acceptors (Lipinski definition) is 3. The van der Waals surface area contributed by atoms with E-state index in [0.717, 1.165) is 16.9 Å². The van der Waals surface area contributed by atoms with Gasteiger partial charge in [-0.05, 0) is 36.6 Å². The van der Waals surface area contributed by atoms with Gasteiger partial charge in [-0.1, -0.05) is 42.5 Å². The van der Waals surface area contributed by atoms with Crippen molar-refractivity contribution in [1.82, 2.24) is 5.32 Å². The van der Waals surface area contributed by atoms with Crippen LogP contribution in [0.15, 0.2) is 54.6 Å². The lowest BCUT2D eigenvalue weighted by atomic mass is 10.0. The van der Waals surface area contributed by atoms with E-state index in [9.17, 15) is 9.90 Å². The van der Waals surface area contributed by atoms with Crippen molar-refractivity contribution >= 4 is 6.09 Å². The van der Waals surface area contributed by atoms with Crippen LogP contribution in [0.4, 0.5) is 4.79 Å². The van der Waals surface area contributed by atoms with E-state index in [1.54, 1.807) is 6.92 Å². The third-order valence-electron chi connectivity index (χ3n) is 3.52. The molecule has 0 aromatic heterocycles. The monoisotopic (exact) mass is 315 g/mol. The number of rotatable bonds is 7. The van der Waals surface area contributed by atoms with Gasteiger partial charge in [0.1, 0.15) is 12.4 Å². The second-order valence-electron chi connectivity index (χ2n) is 5.42. The summed E-state index contributed by atoms with van der Waals surface area (Å²) in [7, 11) is 0. The fourth-order valence-corrected chi connectivity index (χ4v) is 2.22. The van der Waals surface area contributed by atoms with Crippen LogP contribution < -0.4 is 10.1 Å². The lowest BCUT2D eigenvalue weighted by Crippen LogP contribution is -2.42. The van der Waals surface area contributed by atoms with Crippen molar-refractivity contribution in [3.63, 3.8) is 0 Å². The molecule has 0 aliphatic carbocycles. The van der Waals surface area contributed by atoms with Crippen molar-refractivity contribution in [2.75, 3.05) is 0 Å². The van der Waals surface area contributed by atoms with Crippen molar-refractivity contribution in [3.05, 3.63) is 65.7 Å². The van der Waals surface area contributed by atoms with E-state index in [-0.39, 0.29) is 0 Å². The van der Waals surface area contributed by atoms with E-state index in [4.69, 9.17) is 9.84 Å². The van der Waals surface area contributed by atoms with E-state index < -0.39 is 18.2 Å². The molecule has 2 atom stereocenters. The standard InChI is InChI=1S/C18H21NO4/c1-13(20)17(19-18(21)22)11-14-7-9-16(10-8-14)23-12-15-5-3-2-4-6-15/h2-10,13,17,19-20H,11-12H2,1H3,(H,21,22). The van der Waals surface area contributed by atoms with Gasteiger partial charge in [0.15, 0.2) is 0 Å². The molecule has 0 saturated heterocycles. The predicted octanol–water partition coefficient (Wildman–Crippen LogP) is 2.83. The van der Waals surface area contributed by atoms with Crippen LogP contribution in [-0.2, 0) is 13.0 Å². The molecule has 5 heteroatoms. The largest absolute Gasteiger partial charge is 0.489 e. The minimum atomic E-state index is -1.14. The van der Waals surface area contributed by atoms with Gasteiger partial charge < -0.3 is 20.3 Å². The molecule has 5 nitrogen and oxygen atoms in total. The lowest BCUT2D eigenvalue weighted by molar-refractivity contribution is 0.133. The third-order valence-corrected chi connectivity index (χ3v) is 3.52. The zero-order valence-corrected chi connectivity index (χ0v) is 13.0. The maximum absolute atomic E-state index is 10.7. The van der Waals surface area contributed by atoms with Crippen LogP contribution in [0.2, 0.25) is 0 Å². The first-order valence-electron chi connectivity index (χ1n) is 7.48. The topological polar surface area (TPSA) is 78.8 Å². The number of amides is 1. The van der Waals surface area contributed by atoms with Crippen LogP contribution in [-0.4, -0.2) is 28.5 Å². The highest BCUT2D eigenvalue weighted by Gasteiger charge is 2.17. The highest BCUT2D eigenvalue weighted by atomic mass is 16.5. The summed E-state index contributed by atoms with van der Waals surface area (Å²) < 4.78 is 5.70. The van der Waals surface area contributed by atoms with E-state index >= 15 is 0 Å². The Labute approximate surface area is 135 Å². The van der Waals surface area contributed by atoms with Crippen LogP contribution in [0.1, 0.15) is 18.1 Å². The number of ether oxygens (including phenoxy) is 1. The quantitative estimate of drug-likeness (QED) is 0.734. The number of carbonyl (C=O) groups is 1. The Balaban J connectivity index is 1.92. The Morgan fingerprint density at radius 1 is 1.09 bits per heavy atom. The molecule has 0 radical (unpaired) electrons. The fraction of sp³-hybridized carbons (Fsp3) is 0.278. The number of hydrogen-bond donors (Lipinski definition) is 3. The van der Waals surface area contributed by atoms with Gasteiger partial charge >= 0.3 is 6.09 Å². The van der Waals surface area contributed by atoms with Gasteiger partial charge in [-0.3, -0.25) is 0 Å². The van der Waals surface area contributed by atoms with Crippen molar-refractivity contribution in [2.45, 2.75) is 32.1 Å². The summed E-state index contributed by atoms with van der Waals surface area (Å²) in [4.78, 5) is 10.7. The Bertz CT molecular complexity index is 611. The molecule has 0 bridgehead atoms. The average Bonchev–Trinajstić information content (AvgIpc) is 2.54. The van der Waals surface area contributed by atoms with Gasteiger partial charge in [-0.2, -0.15) is 0 Å². The molecule has 2 aromatic carbocycles. The van der Waals surface area contributed by atoms with E-state index in [2.05, 4.69) is 5.32 Å². The van der Waals surface area contributed by atoms with Gasteiger partial charge in [0.05, 0.1) is 12.1 Å². The summed E-state index contributed by atoms with van der Waals surface area (Å²) in [6, 6.07) is 16.8. The molecule has 2 aromatic rings. The maximum Gasteiger partial charge on any atom is 0.404 e. The molecule has 1 amide bonds. The second-order valence-corrected chi connectivity index (χ2v) is 5.42. The zero-order valence-electron chi connectivity index (χ0n) is 13.0. The molecule has 0 spiro atoms. The number of nitrogens with one attached hydrogen (secondary N) is 1. The van der Waals surface area contributed by atoms with E-state index in [0.29, 0.717) is 13.0 Å². The highest BCUT2D eigenvalue weighted by Crippen LogP contribution is 2.16. The first-order valence-corrected chi connectivity index (χ1v) is 7.48. The lowest BCUT2D eigenvalue weighted by Gasteiger charge is -2.20. The van der Waals surface area contributed by atoms with Crippen LogP contribution in [0.25, 0.3) is 0 Å². The molecule has 122 valence electrons. The van der Waals surface area contributed by atoms with Gasteiger partial charge in [-0.15, -0.1) is 0 Å². The first-order chi connectivity index (χ1) is 11.0. The Morgan fingerprint density at radius 2 is 1.74 bits per heavy atom. The van der Waals surface area contributed by atoms with E-state index in [1.165, 1.54) is 0 Å². The van der Waals surface area contributed by atoms with E-state index in [1.807, 2.05) is 54.6 Å². The normalized spacial score (nSPS) is 13.1. The number of aliphatic hydroxyl groups excluding tert-OH is 1. The van der Waals surface area contributed by atoms with Crippen molar-refractivity contribution in [2.24, 2.45) is 0 Å². The SMILES string of the molecule is CC(O)C(Cc1ccc(OCc2ccccc2)cc1)NC(=O)O. The summed E-state index contributed by atoms with van der Waals surface area (Å²) in [5.74, 6) is 0.748. The Morgan fingerprint density at radius 3 is 2.30 bits per heavy atom. The average molecular weight is 315 g/mol. The Hall–Kier alpha value is -2.53. The van der Waals surface area contributed by atoms with Gasteiger partial charge in [-0.25, -0.2) is 4.79 Å². The number of benzene rings is 2. The fourth-order valence-electron chi connectivity index (χ4n) is 2.22. The van der Waals surface area contributed by atoms with Crippen molar-refractivity contribution in [3.8, 4) is 5.75 Å². The summed E-state index contributed by atoms with van der Waals surface area (Å²) >= 11 is 0. The van der Waals surface area contributed by atoms with Crippen LogP contribution >= 0.6 is 0 Å². The van der Waals surface area contributed by atoms with Crippen LogP contribution in [0.5, 0.6) is 5.75 Å². The zero-order chi connectivity index (χ0) is 16.7. The van der Waals surface area contributed by atoms with Crippen molar-refractivity contribution in [1.29, 1.82) is 0 Å². The van der Waals surface area contributed by atoms with Crippen LogP contribution in [0.3, 0.4) is 0 Å². The molecule has 0 aliphatic rings. The molecule has 2 unspecified atom stereocenters. The summed E-state index contributed by atoms with van der Waals surface area (Å²) in [6.07, 6.45) is -1.48. The molecule has 0 fully saturated rings. The van der Waals surface area contributed by atoms with Gasteiger partial charge in [0.2, 0.25) is 0 Å². The number of aliphatic hydroxyl groups is 1. The first kappa shape index (κ1) is 16.8. The molecule has 0 saturated carbocycles. The van der Waals surface area contributed by atoms with Gasteiger partial charge in [0, 0.05) is 0 Å². The highest BCUT2D eigenvalue weighted by molar-refractivity contribution is 5.65. The number of carboxylic acid groups (broad SMARTS) is 1. The van der Waals surface area contributed by atoms with Crippen LogP contribution in [0, 0.1) is 0 Å². The molecular formula is C18H21NO4. The summed E-state index contributed by atoms with van der Waals surface area (Å²) in [6.45, 7) is 2.06. The molecule has 0 aliphatic heterocycles. The summed E-state index contributed by atoms with van der Waals surface area (Å²) in [5, 5.41) is 20.8. The molecule has 23 heavy (non-hydrogen) atoms. The predicted molar refractivity (Wildman–Crippen MR) is 87.5 cm³/mol. The molecule has 2 rings (SSSR count). The minimum absolute atomic E-state index is 0.420.